The van der Waals surface area contributed by atoms with Crippen LogP contribution in [0.5, 0.6) is 5.75 Å². The Balaban J connectivity index is 0.00000161. The lowest BCUT2D eigenvalue weighted by molar-refractivity contribution is 0.0813. The number of hydrogen-bond acceptors (Lipinski definition) is 2. The number of likely N-dealkylation sites (tertiary alicyclic amines) is 1. The molecule has 2 aliphatic rings. The summed E-state index contributed by atoms with van der Waals surface area (Å²) < 4.78 is 5.57. The van der Waals surface area contributed by atoms with E-state index in [4.69, 9.17) is 4.74 Å². The number of aryl methyl sites for hydroxylation is 1. The highest BCUT2D eigenvalue weighted by Gasteiger charge is 2.45. The maximum Gasteiger partial charge on any atom is 0.408 e. The van der Waals surface area contributed by atoms with Gasteiger partial charge >= 0.3 is 6.09 Å². The monoisotopic (exact) mass is 307 g/mol. The number of carboxylic acid groups (broad SMARTS) is 1. The number of benzene rings is 1. The molecule has 3 rings (SSSR count). The minimum Gasteiger partial charge on any atom is -0.465 e. The fraction of sp³-hybridized carbons (Fsp3) is 0.312. The first-order valence-electron chi connectivity index (χ1n) is 6.66. The second kappa shape index (κ2) is 5.45. The van der Waals surface area contributed by atoms with Crippen molar-refractivity contribution in [2.45, 2.75) is 25.3 Å². The summed E-state index contributed by atoms with van der Waals surface area (Å²) in [6.45, 7) is 6.51. The molecular formula is C16H18ClNO3. The van der Waals surface area contributed by atoms with Gasteiger partial charge in [-0.05, 0) is 37.5 Å². The highest BCUT2D eigenvalue weighted by Crippen LogP contribution is 2.46. The van der Waals surface area contributed by atoms with Crippen molar-refractivity contribution in [1.29, 1.82) is 0 Å². The Kier molecular flexibility index (Phi) is 4.01. The van der Waals surface area contributed by atoms with Crippen LogP contribution >= 0.6 is 12.4 Å². The summed E-state index contributed by atoms with van der Waals surface area (Å²) in [6, 6.07) is 5.89. The van der Waals surface area contributed by atoms with Gasteiger partial charge in [-0.25, -0.2) is 4.79 Å². The van der Waals surface area contributed by atoms with E-state index < -0.39 is 11.6 Å². The maximum atomic E-state index is 11.6. The largest absolute Gasteiger partial charge is 0.465 e. The Hall–Kier alpha value is -1.94. The second-order valence-corrected chi connectivity index (χ2v) is 5.46. The van der Waals surface area contributed by atoms with Gasteiger partial charge < -0.3 is 9.84 Å². The summed E-state index contributed by atoms with van der Waals surface area (Å²) in [6.07, 6.45) is 3.84. The molecule has 2 heterocycles. The van der Waals surface area contributed by atoms with E-state index in [0.717, 1.165) is 22.4 Å². The van der Waals surface area contributed by atoms with E-state index in [1.807, 2.05) is 31.2 Å². The molecule has 1 saturated heterocycles. The molecule has 1 atom stereocenters. The zero-order valence-electron chi connectivity index (χ0n) is 11.8. The predicted octanol–water partition coefficient (Wildman–Crippen LogP) is 3.85. The van der Waals surface area contributed by atoms with Crippen LogP contribution in [0.3, 0.4) is 0 Å². The van der Waals surface area contributed by atoms with Crippen LogP contribution in [-0.2, 0) is 5.54 Å². The van der Waals surface area contributed by atoms with Crippen molar-refractivity contribution in [3.05, 3.63) is 53.8 Å². The Bertz CT molecular complexity index is 626. The van der Waals surface area contributed by atoms with E-state index in [1.54, 1.807) is 6.26 Å². The number of fused-ring (bicyclic) bond motifs is 2. The SMILES string of the molecule is C=C1CCN(C(=O)O)[C@@]2(C=COc3cc(C)ccc32)C1.Cl. The van der Waals surface area contributed by atoms with Crippen LogP contribution in [0.25, 0.3) is 0 Å². The number of piperidine rings is 1. The molecule has 1 amide bonds. The van der Waals surface area contributed by atoms with Crippen LogP contribution in [-0.4, -0.2) is 22.6 Å². The molecule has 4 nitrogen and oxygen atoms in total. The Labute approximate surface area is 130 Å². The molecule has 21 heavy (non-hydrogen) atoms. The summed E-state index contributed by atoms with van der Waals surface area (Å²) >= 11 is 0. The van der Waals surface area contributed by atoms with Crippen molar-refractivity contribution in [1.82, 2.24) is 4.90 Å². The molecule has 1 spiro atoms. The summed E-state index contributed by atoms with van der Waals surface area (Å²) in [7, 11) is 0. The molecule has 2 aliphatic heterocycles. The number of amides is 1. The highest BCUT2D eigenvalue weighted by atomic mass is 35.5. The molecule has 1 aromatic rings. The lowest BCUT2D eigenvalue weighted by Crippen LogP contribution is -2.52. The van der Waals surface area contributed by atoms with Crippen LogP contribution in [0.15, 0.2) is 42.7 Å². The molecule has 1 aromatic carbocycles. The molecular weight excluding hydrogens is 290 g/mol. The molecule has 0 saturated carbocycles. The third kappa shape index (κ3) is 2.40. The van der Waals surface area contributed by atoms with E-state index in [2.05, 4.69) is 6.58 Å². The molecule has 5 heteroatoms. The van der Waals surface area contributed by atoms with Crippen molar-refractivity contribution in [3.63, 3.8) is 0 Å². The van der Waals surface area contributed by atoms with E-state index in [-0.39, 0.29) is 12.4 Å². The van der Waals surface area contributed by atoms with Gasteiger partial charge in [0.1, 0.15) is 11.3 Å². The Morgan fingerprint density at radius 1 is 1.48 bits per heavy atom. The van der Waals surface area contributed by atoms with Gasteiger partial charge in [0.2, 0.25) is 0 Å². The van der Waals surface area contributed by atoms with Gasteiger partial charge in [-0.2, -0.15) is 0 Å². The number of ether oxygens (including phenoxy) is 1. The van der Waals surface area contributed by atoms with Gasteiger partial charge in [0.15, 0.2) is 0 Å². The van der Waals surface area contributed by atoms with Crippen molar-refractivity contribution in [3.8, 4) is 5.75 Å². The third-order valence-electron chi connectivity index (χ3n) is 4.06. The quantitative estimate of drug-likeness (QED) is 0.741. The number of hydrogen-bond donors (Lipinski definition) is 1. The Morgan fingerprint density at radius 2 is 2.24 bits per heavy atom. The normalized spacial score (nSPS) is 23.3. The topological polar surface area (TPSA) is 49.8 Å². The van der Waals surface area contributed by atoms with Gasteiger partial charge in [-0.3, -0.25) is 4.90 Å². The summed E-state index contributed by atoms with van der Waals surface area (Å²) in [4.78, 5) is 13.1. The van der Waals surface area contributed by atoms with Crippen molar-refractivity contribution < 1.29 is 14.6 Å². The Morgan fingerprint density at radius 3 is 2.95 bits per heavy atom. The van der Waals surface area contributed by atoms with E-state index >= 15 is 0 Å². The molecule has 1 fully saturated rings. The van der Waals surface area contributed by atoms with Gasteiger partial charge in [0.05, 0.1) is 6.26 Å². The van der Waals surface area contributed by atoms with Crippen molar-refractivity contribution >= 4 is 18.5 Å². The fourth-order valence-corrected chi connectivity index (χ4v) is 3.08. The van der Waals surface area contributed by atoms with Crippen molar-refractivity contribution in [2.24, 2.45) is 0 Å². The van der Waals surface area contributed by atoms with Crippen LogP contribution in [0.4, 0.5) is 4.79 Å². The molecule has 0 aliphatic carbocycles. The van der Waals surface area contributed by atoms with Crippen LogP contribution in [0.2, 0.25) is 0 Å². The van der Waals surface area contributed by atoms with E-state index in [9.17, 15) is 9.90 Å². The average molecular weight is 308 g/mol. The molecule has 1 N–H and O–H groups in total. The number of nitrogens with zero attached hydrogens (tertiary/aromatic N) is 1. The number of halogens is 1. The van der Waals surface area contributed by atoms with Crippen LogP contribution < -0.4 is 4.74 Å². The molecule has 0 unspecified atom stereocenters. The summed E-state index contributed by atoms with van der Waals surface area (Å²) in [5.74, 6) is 0.730. The lowest BCUT2D eigenvalue weighted by Gasteiger charge is -2.46. The van der Waals surface area contributed by atoms with E-state index in [1.165, 1.54) is 4.90 Å². The van der Waals surface area contributed by atoms with E-state index in [0.29, 0.717) is 19.4 Å². The number of rotatable bonds is 0. The average Bonchev–Trinajstić information content (AvgIpc) is 2.38. The smallest absolute Gasteiger partial charge is 0.408 e. The van der Waals surface area contributed by atoms with Gasteiger partial charge in [-0.1, -0.05) is 24.3 Å². The fourth-order valence-electron chi connectivity index (χ4n) is 3.08. The zero-order valence-corrected chi connectivity index (χ0v) is 12.7. The minimum absolute atomic E-state index is 0. The third-order valence-corrected chi connectivity index (χ3v) is 4.06. The van der Waals surface area contributed by atoms with Crippen LogP contribution in [0, 0.1) is 6.92 Å². The molecule has 112 valence electrons. The first-order chi connectivity index (χ1) is 9.53. The van der Waals surface area contributed by atoms with Crippen LogP contribution in [0.1, 0.15) is 24.0 Å². The van der Waals surface area contributed by atoms with Crippen molar-refractivity contribution in [2.75, 3.05) is 6.54 Å². The summed E-state index contributed by atoms with van der Waals surface area (Å²) in [5.41, 5.74) is 2.38. The highest BCUT2D eigenvalue weighted by molar-refractivity contribution is 5.85. The lowest BCUT2D eigenvalue weighted by atomic mass is 9.77. The maximum absolute atomic E-state index is 11.6. The molecule has 0 bridgehead atoms. The predicted molar refractivity (Wildman–Crippen MR) is 83.0 cm³/mol. The van der Waals surface area contributed by atoms with Gasteiger partial charge in [0, 0.05) is 12.1 Å². The van der Waals surface area contributed by atoms with Gasteiger partial charge in [0.25, 0.3) is 0 Å². The summed E-state index contributed by atoms with van der Waals surface area (Å²) in [5, 5.41) is 9.54. The number of carbonyl (C=O) groups is 1. The minimum atomic E-state index is -0.907. The van der Waals surface area contributed by atoms with Gasteiger partial charge in [-0.15, -0.1) is 12.4 Å². The first kappa shape index (κ1) is 15.4. The standard InChI is InChI=1S/C16H17NO3.ClH/c1-11-3-4-13-14(9-11)20-8-6-16(13)10-12(2)5-7-17(16)15(18)19;/h3-4,6,8-9H,2,5,7,10H2,1H3,(H,18,19);1H/t16-;/m0./s1. The first-order valence-corrected chi connectivity index (χ1v) is 6.66. The zero-order chi connectivity index (χ0) is 14.3. The molecule has 0 radical (unpaired) electrons. The second-order valence-electron chi connectivity index (χ2n) is 5.46. The molecule has 0 aromatic heterocycles.